The van der Waals surface area contributed by atoms with Gasteiger partial charge in [-0.05, 0) is 18.1 Å². The van der Waals surface area contributed by atoms with E-state index in [0.717, 1.165) is 12.7 Å². The van der Waals surface area contributed by atoms with Gasteiger partial charge in [0.2, 0.25) is 0 Å². The number of hydrogen-bond donors (Lipinski definition) is 1. The fourth-order valence-electron chi connectivity index (χ4n) is 3.34. The predicted octanol–water partition coefficient (Wildman–Crippen LogP) is 2.24. The van der Waals surface area contributed by atoms with Crippen molar-refractivity contribution in [2.45, 2.75) is 31.3 Å². The molecule has 1 aromatic carbocycles. The first-order valence-electron chi connectivity index (χ1n) is 6.89. The van der Waals surface area contributed by atoms with E-state index in [0.29, 0.717) is 12.8 Å². The molecular formula is C16H17N3O. The predicted molar refractivity (Wildman–Crippen MR) is 77.2 cm³/mol. The zero-order valence-corrected chi connectivity index (χ0v) is 11.5. The van der Waals surface area contributed by atoms with E-state index >= 15 is 0 Å². The van der Waals surface area contributed by atoms with Gasteiger partial charge in [-0.2, -0.15) is 5.26 Å². The van der Waals surface area contributed by atoms with Crippen LogP contribution in [0.2, 0.25) is 0 Å². The van der Waals surface area contributed by atoms with E-state index in [1.54, 1.807) is 0 Å². The molecule has 0 saturated carbocycles. The molecule has 0 radical (unpaired) electrons. The van der Waals surface area contributed by atoms with Crippen LogP contribution in [0.15, 0.2) is 24.3 Å². The van der Waals surface area contributed by atoms with Crippen molar-refractivity contribution in [1.29, 1.82) is 5.26 Å². The van der Waals surface area contributed by atoms with Crippen molar-refractivity contribution in [1.82, 2.24) is 9.88 Å². The Morgan fingerprint density at radius 1 is 1.50 bits per heavy atom. The summed E-state index contributed by atoms with van der Waals surface area (Å²) in [4.78, 5) is 11.0. The van der Waals surface area contributed by atoms with E-state index in [4.69, 9.17) is 5.26 Å². The number of nitrogens with zero attached hydrogens (tertiary/aromatic N) is 2. The Morgan fingerprint density at radius 2 is 2.30 bits per heavy atom. The SMILES string of the molecule is Cn1c2c(c3ccccc31)C[C@@H](CC#N)N[C@H]2CC=O. The molecule has 102 valence electrons. The highest BCUT2D eigenvalue weighted by atomic mass is 16.1. The maximum atomic E-state index is 11.0. The third-order valence-corrected chi connectivity index (χ3v) is 4.15. The van der Waals surface area contributed by atoms with E-state index in [1.165, 1.54) is 22.2 Å². The molecular weight excluding hydrogens is 250 g/mol. The molecule has 2 heterocycles. The molecule has 0 unspecified atom stereocenters. The molecule has 4 nitrogen and oxygen atoms in total. The van der Waals surface area contributed by atoms with Gasteiger partial charge in [-0.25, -0.2) is 0 Å². The molecule has 1 N–H and O–H groups in total. The van der Waals surface area contributed by atoms with Crippen LogP contribution in [0.25, 0.3) is 10.9 Å². The number of aromatic nitrogens is 1. The van der Waals surface area contributed by atoms with Crippen molar-refractivity contribution >= 4 is 17.2 Å². The molecule has 2 atom stereocenters. The van der Waals surface area contributed by atoms with Crippen molar-refractivity contribution in [2.75, 3.05) is 0 Å². The Hall–Kier alpha value is -2.12. The number of hydrogen-bond acceptors (Lipinski definition) is 3. The number of rotatable bonds is 3. The van der Waals surface area contributed by atoms with Crippen LogP contribution in [0.5, 0.6) is 0 Å². The second kappa shape index (κ2) is 5.10. The van der Waals surface area contributed by atoms with Crippen molar-refractivity contribution in [2.24, 2.45) is 7.05 Å². The molecule has 0 spiro atoms. The summed E-state index contributed by atoms with van der Waals surface area (Å²) in [6.07, 6.45) is 2.71. The fourth-order valence-corrected chi connectivity index (χ4v) is 3.34. The van der Waals surface area contributed by atoms with Gasteiger partial charge < -0.3 is 14.7 Å². The normalized spacial score (nSPS) is 21.4. The van der Waals surface area contributed by atoms with Crippen LogP contribution in [-0.2, 0) is 18.3 Å². The molecule has 3 rings (SSSR count). The first kappa shape index (κ1) is 12.9. The molecule has 0 bridgehead atoms. The summed E-state index contributed by atoms with van der Waals surface area (Å²) in [6.45, 7) is 0. The zero-order valence-electron chi connectivity index (χ0n) is 11.5. The number of aryl methyl sites for hydroxylation is 1. The van der Waals surface area contributed by atoms with Crippen LogP contribution in [-0.4, -0.2) is 16.9 Å². The minimum atomic E-state index is 0.00648. The van der Waals surface area contributed by atoms with Gasteiger partial charge in [-0.15, -0.1) is 0 Å². The van der Waals surface area contributed by atoms with Gasteiger partial charge >= 0.3 is 0 Å². The van der Waals surface area contributed by atoms with Gasteiger partial charge in [0, 0.05) is 36.1 Å². The molecule has 1 aromatic heterocycles. The van der Waals surface area contributed by atoms with Crippen molar-refractivity contribution in [3.05, 3.63) is 35.5 Å². The lowest BCUT2D eigenvalue weighted by Crippen LogP contribution is -2.40. The summed E-state index contributed by atoms with van der Waals surface area (Å²) in [7, 11) is 2.05. The quantitative estimate of drug-likeness (QED) is 0.868. The molecule has 0 fully saturated rings. The summed E-state index contributed by atoms with van der Waals surface area (Å²) < 4.78 is 2.18. The lowest BCUT2D eigenvalue weighted by atomic mass is 9.91. The summed E-state index contributed by atoms with van der Waals surface area (Å²) in [5, 5.41) is 13.6. The number of benzene rings is 1. The summed E-state index contributed by atoms with van der Waals surface area (Å²) in [6, 6.07) is 10.7. The summed E-state index contributed by atoms with van der Waals surface area (Å²) in [5.41, 5.74) is 3.66. The van der Waals surface area contributed by atoms with Gasteiger partial charge in [0.05, 0.1) is 18.5 Å². The van der Waals surface area contributed by atoms with Crippen LogP contribution in [0.3, 0.4) is 0 Å². The number of carbonyl (C=O) groups excluding carboxylic acids is 1. The highest BCUT2D eigenvalue weighted by Crippen LogP contribution is 2.35. The van der Waals surface area contributed by atoms with E-state index < -0.39 is 0 Å². The number of fused-ring (bicyclic) bond motifs is 3. The number of nitriles is 1. The Bertz CT molecular complexity index is 696. The number of aldehydes is 1. The Morgan fingerprint density at radius 3 is 3.05 bits per heavy atom. The second-order valence-corrected chi connectivity index (χ2v) is 5.32. The maximum absolute atomic E-state index is 11.0. The fraction of sp³-hybridized carbons (Fsp3) is 0.375. The molecule has 0 amide bonds. The molecule has 0 aliphatic carbocycles. The van der Waals surface area contributed by atoms with Gasteiger partial charge in [-0.3, -0.25) is 0 Å². The zero-order chi connectivity index (χ0) is 14.1. The van der Waals surface area contributed by atoms with E-state index in [9.17, 15) is 4.79 Å². The maximum Gasteiger partial charge on any atom is 0.121 e. The van der Waals surface area contributed by atoms with E-state index in [-0.39, 0.29) is 12.1 Å². The van der Waals surface area contributed by atoms with E-state index in [2.05, 4.69) is 28.1 Å². The van der Waals surface area contributed by atoms with Crippen LogP contribution in [0.1, 0.15) is 30.1 Å². The van der Waals surface area contributed by atoms with Crippen LogP contribution >= 0.6 is 0 Å². The van der Waals surface area contributed by atoms with Crippen LogP contribution in [0, 0.1) is 11.3 Å². The van der Waals surface area contributed by atoms with Crippen LogP contribution < -0.4 is 5.32 Å². The molecule has 20 heavy (non-hydrogen) atoms. The molecule has 0 saturated heterocycles. The van der Waals surface area contributed by atoms with Gasteiger partial charge in [0.15, 0.2) is 0 Å². The highest BCUT2D eigenvalue weighted by molar-refractivity contribution is 5.86. The Balaban J connectivity index is 2.17. The first-order valence-corrected chi connectivity index (χ1v) is 6.89. The smallest absolute Gasteiger partial charge is 0.121 e. The highest BCUT2D eigenvalue weighted by Gasteiger charge is 2.30. The third-order valence-electron chi connectivity index (χ3n) is 4.15. The number of nitrogens with one attached hydrogen (secondary N) is 1. The average molecular weight is 267 g/mol. The third kappa shape index (κ3) is 1.91. The van der Waals surface area contributed by atoms with E-state index in [1.807, 2.05) is 19.2 Å². The van der Waals surface area contributed by atoms with Crippen molar-refractivity contribution < 1.29 is 4.79 Å². The van der Waals surface area contributed by atoms with Gasteiger partial charge in [0.25, 0.3) is 0 Å². The number of carbonyl (C=O) groups is 1. The summed E-state index contributed by atoms with van der Waals surface area (Å²) >= 11 is 0. The monoisotopic (exact) mass is 267 g/mol. The van der Waals surface area contributed by atoms with Gasteiger partial charge in [-0.1, -0.05) is 18.2 Å². The molecule has 1 aliphatic rings. The minimum Gasteiger partial charge on any atom is -0.346 e. The molecule has 4 heteroatoms. The molecule has 1 aliphatic heterocycles. The second-order valence-electron chi connectivity index (χ2n) is 5.32. The Labute approximate surface area is 118 Å². The largest absolute Gasteiger partial charge is 0.346 e. The first-order chi connectivity index (χ1) is 9.76. The summed E-state index contributed by atoms with van der Waals surface area (Å²) in [5.74, 6) is 0. The lowest BCUT2D eigenvalue weighted by molar-refractivity contribution is -0.108. The lowest BCUT2D eigenvalue weighted by Gasteiger charge is -2.30. The topological polar surface area (TPSA) is 57.8 Å². The number of para-hydroxylation sites is 1. The van der Waals surface area contributed by atoms with Crippen LogP contribution in [0.4, 0.5) is 0 Å². The standard InChI is InChI=1S/C16H17N3O/c1-19-15-5-3-2-4-12(15)13-10-11(6-8-17)18-14(7-9-20)16(13)19/h2-5,9,11,14,18H,6-7,10H2,1H3/t11-,14+/m1/s1. The van der Waals surface area contributed by atoms with Crippen molar-refractivity contribution in [3.63, 3.8) is 0 Å². The minimum absolute atomic E-state index is 0.00648. The van der Waals surface area contributed by atoms with Gasteiger partial charge in [0.1, 0.15) is 6.29 Å². The van der Waals surface area contributed by atoms with Crippen molar-refractivity contribution in [3.8, 4) is 6.07 Å². The average Bonchev–Trinajstić information content (AvgIpc) is 2.74. The Kier molecular flexibility index (Phi) is 3.29. The molecule has 2 aromatic rings.